The highest BCUT2D eigenvalue weighted by Gasteiger charge is 2.15. The Labute approximate surface area is 126 Å². The van der Waals surface area contributed by atoms with Crippen molar-refractivity contribution in [1.82, 2.24) is 5.32 Å². The number of allylic oxidation sites excluding steroid dienone is 6. The Morgan fingerprint density at radius 1 is 1.57 bits per heavy atom. The summed E-state index contributed by atoms with van der Waals surface area (Å²) in [7, 11) is 0. The monoisotopic (exact) mass is 292 g/mol. The van der Waals surface area contributed by atoms with Crippen LogP contribution in [0.4, 0.5) is 4.39 Å². The van der Waals surface area contributed by atoms with Gasteiger partial charge >= 0.3 is 0 Å². The smallest absolute Gasteiger partial charge is 0.184 e. The van der Waals surface area contributed by atoms with E-state index in [9.17, 15) is 4.39 Å². The first-order valence-corrected chi connectivity index (χ1v) is 7.12. The van der Waals surface area contributed by atoms with Gasteiger partial charge < -0.3 is 15.8 Å². The highest BCUT2D eigenvalue weighted by atomic mass is 19.1. The number of nitrogens with two attached hydrogens (primary N) is 1. The maximum absolute atomic E-state index is 12.0. The van der Waals surface area contributed by atoms with Crippen molar-refractivity contribution in [1.29, 1.82) is 0 Å². The second kappa shape index (κ2) is 8.35. The number of dihydropyridines is 1. The fourth-order valence-corrected chi connectivity index (χ4v) is 2.19. The van der Waals surface area contributed by atoms with Crippen LogP contribution in [-0.4, -0.2) is 19.3 Å². The zero-order chi connectivity index (χ0) is 15.8. The summed E-state index contributed by atoms with van der Waals surface area (Å²) in [5, 5.41) is 3.22. The predicted molar refractivity (Wildman–Crippen MR) is 86.1 cm³/mol. The molecule has 1 heterocycles. The minimum absolute atomic E-state index is 0.0226. The molecular formula is C17H25FN2O. The molecule has 3 nitrogen and oxygen atoms in total. The Morgan fingerprint density at radius 2 is 2.29 bits per heavy atom. The molecule has 21 heavy (non-hydrogen) atoms. The summed E-state index contributed by atoms with van der Waals surface area (Å²) in [6.07, 6.45) is 9.76. The van der Waals surface area contributed by atoms with Gasteiger partial charge in [-0.3, -0.25) is 0 Å². The number of hydrogen-bond acceptors (Lipinski definition) is 3. The fourth-order valence-electron chi connectivity index (χ4n) is 2.19. The minimum Gasteiger partial charge on any atom is -0.477 e. The molecule has 0 aromatic heterocycles. The van der Waals surface area contributed by atoms with Crippen molar-refractivity contribution in [2.45, 2.75) is 26.8 Å². The average molecular weight is 292 g/mol. The molecular weight excluding hydrogens is 267 g/mol. The molecule has 2 atom stereocenters. The second-order valence-corrected chi connectivity index (χ2v) is 5.19. The lowest BCUT2D eigenvalue weighted by Gasteiger charge is -2.22. The van der Waals surface area contributed by atoms with Gasteiger partial charge in [0, 0.05) is 12.0 Å². The fraction of sp³-hybridized carbons (Fsp3) is 0.412. The lowest BCUT2D eigenvalue weighted by atomic mass is 9.86. The van der Waals surface area contributed by atoms with Crippen molar-refractivity contribution >= 4 is 0 Å². The molecule has 0 fully saturated rings. The third-order valence-electron chi connectivity index (χ3n) is 3.31. The molecule has 0 aromatic rings. The van der Waals surface area contributed by atoms with Crippen molar-refractivity contribution in [3.63, 3.8) is 0 Å². The quantitative estimate of drug-likeness (QED) is 0.559. The number of ether oxygens (including phenoxy) is 1. The molecule has 116 valence electrons. The summed E-state index contributed by atoms with van der Waals surface area (Å²) in [4.78, 5) is 0. The minimum atomic E-state index is -0.551. The Bertz CT molecular complexity index is 489. The van der Waals surface area contributed by atoms with Crippen LogP contribution in [0.25, 0.3) is 0 Å². The molecule has 0 bridgehead atoms. The van der Waals surface area contributed by atoms with E-state index in [1.165, 1.54) is 5.57 Å². The van der Waals surface area contributed by atoms with Gasteiger partial charge in [0.05, 0.1) is 0 Å². The number of alkyl halides is 1. The largest absolute Gasteiger partial charge is 0.477 e. The SMILES string of the molecule is C=C(C)/C(=C\C=C(/N)OCCF)C(C)C1=CC(C)NC=C1. The lowest BCUT2D eigenvalue weighted by Crippen LogP contribution is -2.22. The van der Waals surface area contributed by atoms with Gasteiger partial charge in [-0.25, -0.2) is 4.39 Å². The maximum atomic E-state index is 12.0. The summed E-state index contributed by atoms with van der Waals surface area (Å²) in [6, 6.07) is 0.312. The predicted octanol–water partition coefficient (Wildman–Crippen LogP) is 3.34. The van der Waals surface area contributed by atoms with E-state index in [1.54, 1.807) is 6.08 Å². The standard InChI is InChI=1S/C17H25FN2O/c1-12(2)16(5-6-17(19)21-10-8-18)14(4)15-7-9-20-13(3)11-15/h5-7,9,11,13-14,20H,1,8,10,19H2,2-4H3/b16-5+,17-6+. The molecule has 0 aliphatic carbocycles. The first-order valence-electron chi connectivity index (χ1n) is 7.12. The third kappa shape index (κ3) is 5.50. The molecule has 0 saturated carbocycles. The van der Waals surface area contributed by atoms with Crippen LogP contribution < -0.4 is 11.1 Å². The van der Waals surface area contributed by atoms with Crippen LogP contribution in [0.3, 0.4) is 0 Å². The van der Waals surface area contributed by atoms with Crippen LogP contribution in [0.15, 0.2) is 59.7 Å². The Morgan fingerprint density at radius 3 is 2.86 bits per heavy atom. The molecule has 3 N–H and O–H groups in total. The molecule has 0 saturated heterocycles. The van der Waals surface area contributed by atoms with Crippen molar-refractivity contribution in [2.24, 2.45) is 11.7 Å². The molecule has 1 rings (SSSR count). The molecule has 4 heteroatoms. The average Bonchev–Trinajstić information content (AvgIpc) is 2.44. The van der Waals surface area contributed by atoms with Crippen LogP contribution in [-0.2, 0) is 4.74 Å². The zero-order valence-electron chi connectivity index (χ0n) is 13.0. The van der Waals surface area contributed by atoms with Gasteiger partial charge in [0.2, 0.25) is 0 Å². The van der Waals surface area contributed by atoms with Crippen LogP contribution >= 0.6 is 0 Å². The van der Waals surface area contributed by atoms with Gasteiger partial charge in [-0.1, -0.05) is 31.2 Å². The molecule has 1 aliphatic heterocycles. The summed E-state index contributed by atoms with van der Waals surface area (Å²) >= 11 is 0. The number of nitrogens with one attached hydrogen (secondary N) is 1. The first-order chi connectivity index (χ1) is 9.95. The number of hydrogen-bond donors (Lipinski definition) is 2. The molecule has 2 unspecified atom stereocenters. The Kier molecular flexibility index (Phi) is 6.79. The van der Waals surface area contributed by atoms with Crippen molar-refractivity contribution < 1.29 is 9.13 Å². The normalized spacial score (nSPS) is 20.6. The third-order valence-corrected chi connectivity index (χ3v) is 3.31. The Balaban J connectivity index is 2.91. The lowest BCUT2D eigenvalue weighted by molar-refractivity contribution is 0.185. The van der Waals surface area contributed by atoms with Gasteiger partial charge in [-0.05, 0) is 43.3 Å². The second-order valence-electron chi connectivity index (χ2n) is 5.19. The number of halogens is 1. The summed E-state index contributed by atoms with van der Waals surface area (Å²) in [5.41, 5.74) is 8.94. The van der Waals surface area contributed by atoms with E-state index < -0.39 is 6.67 Å². The van der Waals surface area contributed by atoms with Gasteiger partial charge in [0.15, 0.2) is 5.88 Å². The topological polar surface area (TPSA) is 47.3 Å². The van der Waals surface area contributed by atoms with E-state index in [2.05, 4.69) is 37.9 Å². The molecule has 0 spiro atoms. The molecule has 0 radical (unpaired) electrons. The molecule has 1 aliphatic rings. The van der Waals surface area contributed by atoms with Gasteiger partial charge in [-0.2, -0.15) is 0 Å². The number of rotatable bonds is 7. The summed E-state index contributed by atoms with van der Waals surface area (Å²) in [5.74, 6) is 0.412. The van der Waals surface area contributed by atoms with E-state index in [-0.39, 0.29) is 18.4 Å². The zero-order valence-corrected chi connectivity index (χ0v) is 13.0. The van der Waals surface area contributed by atoms with Crippen LogP contribution in [0.2, 0.25) is 0 Å². The molecule has 0 amide bonds. The van der Waals surface area contributed by atoms with E-state index >= 15 is 0 Å². The maximum Gasteiger partial charge on any atom is 0.184 e. The molecule has 0 aromatic carbocycles. The Hall–Kier alpha value is -1.97. The van der Waals surface area contributed by atoms with Gasteiger partial charge in [-0.15, -0.1) is 0 Å². The van der Waals surface area contributed by atoms with Gasteiger partial charge in [0.25, 0.3) is 0 Å². The van der Waals surface area contributed by atoms with Gasteiger partial charge in [0.1, 0.15) is 13.3 Å². The summed E-state index contributed by atoms with van der Waals surface area (Å²) < 4.78 is 17.0. The van der Waals surface area contributed by atoms with E-state index in [0.29, 0.717) is 6.04 Å². The van der Waals surface area contributed by atoms with Crippen LogP contribution in [0, 0.1) is 5.92 Å². The van der Waals surface area contributed by atoms with Crippen molar-refractivity contribution in [3.8, 4) is 0 Å². The van der Waals surface area contributed by atoms with Crippen LogP contribution in [0.1, 0.15) is 20.8 Å². The summed E-state index contributed by atoms with van der Waals surface area (Å²) in [6.45, 7) is 9.64. The van der Waals surface area contributed by atoms with Crippen molar-refractivity contribution in [3.05, 3.63) is 59.7 Å². The highest BCUT2D eigenvalue weighted by molar-refractivity contribution is 5.41. The first kappa shape index (κ1) is 17.1. The van der Waals surface area contributed by atoms with E-state index in [0.717, 1.165) is 11.1 Å². The van der Waals surface area contributed by atoms with E-state index in [4.69, 9.17) is 10.5 Å². The van der Waals surface area contributed by atoms with Crippen molar-refractivity contribution in [2.75, 3.05) is 13.3 Å². The van der Waals surface area contributed by atoms with Crippen LogP contribution in [0.5, 0.6) is 0 Å². The van der Waals surface area contributed by atoms with E-state index in [1.807, 2.05) is 19.2 Å². The highest BCUT2D eigenvalue weighted by Crippen LogP contribution is 2.27.